The molecular formula is C13H24F3NO. The van der Waals surface area contributed by atoms with Gasteiger partial charge >= 0.3 is 6.18 Å². The van der Waals surface area contributed by atoms with Gasteiger partial charge in [0.05, 0.1) is 6.10 Å². The molecule has 0 saturated heterocycles. The van der Waals surface area contributed by atoms with Crippen molar-refractivity contribution in [3.05, 3.63) is 0 Å². The predicted molar refractivity (Wildman–Crippen MR) is 65.4 cm³/mol. The zero-order chi connectivity index (χ0) is 14.0. The highest BCUT2D eigenvalue weighted by Gasteiger charge is 2.38. The number of nitrogens with one attached hydrogen (secondary N) is 1. The third-order valence-electron chi connectivity index (χ3n) is 3.85. The molecule has 108 valence electrons. The van der Waals surface area contributed by atoms with Gasteiger partial charge in [-0.1, -0.05) is 20.8 Å². The normalized spacial score (nSPS) is 30.5. The van der Waals surface area contributed by atoms with Crippen LogP contribution in [0, 0.1) is 11.3 Å². The van der Waals surface area contributed by atoms with E-state index in [0.29, 0.717) is 12.3 Å². The van der Waals surface area contributed by atoms with Crippen molar-refractivity contribution in [2.45, 2.75) is 58.4 Å². The van der Waals surface area contributed by atoms with Crippen LogP contribution in [0.25, 0.3) is 0 Å². The number of rotatable bonds is 3. The van der Waals surface area contributed by atoms with Crippen molar-refractivity contribution in [1.29, 1.82) is 0 Å². The lowest BCUT2D eigenvalue weighted by Gasteiger charge is -2.41. The van der Waals surface area contributed by atoms with E-state index in [1.54, 1.807) is 7.05 Å². The summed E-state index contributed by atoms with van der Waals surface area (Å²) in [6, 6.07) is 0.0333. The first-order chi connectivity index (χ1) is 8.13. The van der Waals surface area contributed by atoms with E-state index in [-0.39, 0.29) is 17.6 Å². The zero-order valence-electron chi connectivity index (χ0n) is 11.6. The molecule has 1 fully saturated rings. The summed E-state index contributed by atoms with van der Waals surface area (Å²) in [7, 11) is 1.78. The van der Waals surface area contributed by atoms with E-state index in [4.69, 9.17) is 4.74 Å². The maximum Gasteiger partial charge on any atom is 0.411 e. The zero-order valence-corrected chi connectivity index (χ0v) is 11.6. The van der Waals surface area contributed by atoms with Crippen LogP contribution in [0.5, 0.6) is 0 Å². The Balaban J connectivity index is 2.59. The highest BCUT2D eigenvalue weighted by atomic mass is 19.4. The van der Waals surface area contributed by atoms with Crippen molar-refractivity contribution in [1.82, 2.24) is 5.32 Å². The van der Waals surface area contributed by atoms with Crippen LogP contribution in [0.3, 0.4) is 0 Å². The Labute approximate surface area is 107 Å². The quantitative estimate of drug-likeness (QED) is 0.846. The van der Waals surface area contributed by atoms with E-state index in [1.807, 2.05) is 0 Å². The maximum absolute atomic E-state index is 12.2. The second kappa shape index (κ2) is 5.78. The lowest BCUT2D eigenvalue weighted by atomic mass is 9.70. The summed E-state index contributed by atoms with van der Waals surface area (Å²) >= 11 is 0. The standard InChI is InChI=1S/C13H24F3NO/c1-12(2,3)9-5-6-10(17-4)11(7-9)18-8-13(14,15)16/h9-11,17H,5-8H2,1-4H3. The monoisotopic (exact) mass is 267 g/mol. The third kappa shape index (κ3) is 4.76. The highest BCUT2D eigenvalue weighted by Crippen LogP contribution is 2.39. The number of ether oxygens (including phenoxy) is 1. The molecule has 1 saturated carbocycles. The van der Waals surface area contributed by atoms with E-state index in [1.165, 1.54) is 0 Å². The number of halogens is 3. The smallest absolute Gasteiger partial charge is 0.367 e. The Morgan fingerprint density at radius 2 is 1.78 bits per heavy atom. The molecule has 1 N–H and O–H groups in total. The van der Waals surface area contributed by atoms with Crippen molar-refractivity contribution in [3.8, 4) is 0 Å². The first kappa shape index (κ1) is 15.8. The van der Waals surface area contributed by atoms with Crippen molar-refractivity contribution in [2.75, 3.05) is 13.7 Å². The van der Waals surface area contributed by atoms with Gasteiger partial charge in [-0.15, -0.1) is 0 Å². The molecule has 0 aromatic carbocycles. The van der Waals surface area contributed by atoms with Gasteiger partial charge in [-0.2, -0.15) is 13.2 Å². The van der Waals surface area contributed by atoms with E-state index < -0.39 is 12.8 Å². The molecule has 0 amide bonds. The van der Waals surface area contributed by atoms with Crippen molar-refractivity contribution in [3.63, 3.8) is 0 Å². The summed E-state index contributed by atoms with van der Waals surface area (Å²) in [5, 5.41) is 3.07. The topological polar surface area (TPSA) is 21.3 Å². The van der Waals surface area contributed by atoms with Crippen LogP contribution < -0.4 is 5.32 Å². The van der Waals surface area contributed by atoms with Crippen LogP contribution in [0.2, 0.25) is 0 Å². The molecule has 0 aromatic heterocycles. The summed E-state index contributed by atoms with van der Waals surface area (Å²) in [5.41, 5.74) is 0.124. The second-order valence-corrected chi connectivity index (χ2v) is 6.24. The summed E-state index contributed by atoms with van der Waals surface area (Å²) in [5.74, 6) is 0.417. The molecule has 3 atom stereocenters. The Bertz CT molecular complexity index is 260. The molecule has 1 aliphatic carbocycles. The first-order valence-electron chi connectivity index (χ1n) is 6.49. The lowest BCUT2D eigenvalue weighted by molar-refractivity contribution is -0.193. The largest absolute Gasteiger partial charge is 0.411 e. The van der Waals surface area contributed by atoms with Gasteiger partial charge in [0.2, 0.25) is 0 Å². The number of hydrogen-bond acceptors (Lipinski definition) is 2. The van der Waals surface area contributed by atoms with Crippen molar-refractivity contribution < 1.29 is 17.9 Å². The summed E-state index contributed by atoms with van der Waals surface area (Å²) in [4.78, 5) is 0. The molecule has 0 aromatic rings. The maximum atomic E-state index is 12.2. The first-order valence-corrected chi connectivity index (χ1v) is 6.49. The van der Waals surface area contributed by atoms with Crippen molar-refractivity contribution in [2.24, 2.45) is 11.3 Å². The summed E-state index contributed by atoms with van der Waals surface area (Å²) in [6.45, 7) is 5.27. The number of likely N-dealkylation sites (N-methyl/N-ethyl adjacent to an activating group) is 1. The average molecular weight is 267 g/mol. The van der Waals surface area contributed by atoms with Gasteiger partial charge in [0, 0.05) is 6.04 Å². The van der Waals surface area contributed by atoms with Crippen LogP contribution in [0.4, 0.5) is 13.2 Å². The minimum absolute atomic E-state index is 0.0333. The van der Waals surface area contributed by atoms with Crippen LogP contribution >= 0.6 is 0 Å². The SMILES string of the molecule is CNC1CCC(C(C)(C)C)CC1OCC(F)(F)F. The third-order valence-corrected chi connectivity index (χ3v) is 3.85. The van der Waals surface area contributed by atoms with Crippen LogP contribution in [0.15, 0.2) is 0 Å². The van der Waals surface area contributed by atoms with Gasteiger partial charge in [0.1, 0.15) is 6.61 Å². The summed E-state index contributed by atoms with van der Waals surface area (Å²) in [6.07, 6.45) is -1.96. The Morgan fingerprint density at radius 3 is 2.22 bits per heavy atom. The van der Waals surface area contributed by atoms with E-state index in [2.05, 4.69) is 26.1 Å². The van der Waals surface area contributed by atoms with Gasteiger partial charge in [-0.05, 0) is 37.6 Å². The minimum Gasteiger partial charge on any atom is -0.367 e. The molecule has 0 bridgehead atoms. The minimum atomic E-state index is -4.24. The Kier molecular flexibility index (Phi) is 5.06. The van der Waals surface area contributed by atoms with Crippen LogP contribution in [0.1, 0.15) is 40.0 Å². The van der Waals surface area contributed by atoms with E-state index in [9.17, 15) is 13.2 Å². The van der Waals surface area contributed by atoms with Gasteiger partial charge in [-0.3, -0.25) is 0 Å². The van der Waals surface area contributed by atoms with E-state index in [0.717, 1.165) is 12.8 Å². The average Bonchev–Trinajstić information content (AvgIpc) is 2.23. The van der Waals surface area contributed by atoms with Crippen molar-refractivity contribution >= 4 is 0 Å². The fraction of sp³-hybridized carbons (Fsp3) is 1.00. The van der Waals surface area contributed by atoms with Crippen LogP contribution in [-0.2, 0) is 4.74 Å². The summed E-state index contributed by atoms with van der Waals surface area (Å²) < 4.78 is 41.8. The molecule has 1 aliphatic rings. The van der Waals surface area contributed by atoms with E-state index >= 15 is 0 Å². The molecule has 5 heteroatoms. The molecule has 0 radical (unpaired) electrons. The molecule has 0 aliphatic heterocycles. The van der Waals surface area contributed by atoms with Gasteiger partial charge < -0.3 is 10.1 Å². The molecule has 0 heterocycles. The molecular weight excluding hydrogens is 243 g/mol. The fourth-order valence-corrected chi connectivity index (χ4v) is 2.63. The molecule has 0 spiro atoms. The van der Waals surface area contributed by atoms with Gasteiger partial charge in [0.25, 0.3) is 0 Å². The predicted octanol–water partition coefficient (Wildman–Crippen LogP) is 3.37. The van der Waals surface area contributed by atoms with Gasteiger partial charge in [-0.25, -0.2) is 0 Å². The molecule has 18 heavy (non-hydrogen) atoms. The second-order valence-electron chi connectivity index (χ2n) is 6.24. The molecule has 2 nitrogen and oxygen atoms in total. The van der Waals surface area contributed by atoms with Gasteiger partial charge in [0.15, 0.2) is 0 Å². The number of hydrogen-bond donors (Lipinski definition) is 1. The molecule has 3 unspecified atom stereocenters. The lowest BCUT2D eigenvalue weighted by Crippen LogP contribution is -2.47. The van der Waals surface area contributed by atoms with Crippen LogP contribution in [-0.4, -0.2) is 32.0 Å². The Hall–Kier alpha value is -0.290. The molecule has 1 rings (SSSR count). The Morgan fingerprint density at radius 1 is 1.17 bits per heavy atom. The highest BCUT2D eigenvalue weighted by molar-refractivity contribution is 4.89. The fourth-order valence-electron chi connectivity index (χ4n) is 2.63. The number of alkyl halides is 3.